The molecule has 2 atom stereocenters. The van der Waals surface area contributed by atoms with Gasteiger partial charge in [0.1, 0.15) is 11.9 Å². The van der Waals surface area contributed by atoms with Crippen molar-refractivity contribution < 1.29 is 18.3 Å². The first-order valence-electron chi connectivity index (χ1n) is 7.70. The molecule has 1 saturated heterocycles. The van der Waals surface area contributed by atoms with E-state index in [0.717, 1.165) is 15.6 Å². The van der Waals surface area contributed by atoms with Crippen LogP contribution in [0.1, 0.15) is 36.3 Å². The molecule has 9 heteroatoms. The molecule has 8 nitrogen and oxygen atoms in total. The summed E-state index contributed by atoms with van der Waals surface area (Å²) >= 11 is 0. The molecule has 1 aliphatic heterocycles. The highest BCUT2D eigenvalue weighted by Gasteiger charge is 2.39. The number of rotatable bonds is 4. The van der Waals surface area contributed by atoms with Crippen LogP contribution >= 0.6 is 0 Å². The molecular weight excluding hydrogens is 320 g/mol. The summed E-state index contributed by atoms with van der Waals surface area (Å²) in [5.41, 5.74) is 1.92. The minimum Gasteiger partial charge on any atom is -0.480 e. The number of aromatic nitrogens is 2. The molecule has 0 aromatic carbocycles. The van der Waals surface area contributed by atoms with Crippen molar-refractivity contribution in [3.63, 3.8) is 0 Å². The molecule has 23 heavy (non-hydrogen) atoms. The molecule has 126 valence electrons. The topological polar surface area (TPSA) is 112 Å². The van der Waals surface area contributed by atoms with Crippen LogP contribution in [-0.2, 0) is 27.8 Å². The standard InChI is InChI=1S/C14H20N4O4S/c1-9-15-8-10-7-11(4-5-12(10)16-9)17-23(21,22)18-6-2-3-13(18)14(19)20/h8,11,13,17H,2-7H2,1H3,(H,19,20). The highest BCUT2D eigenvalue weighted by atomic mass is 32.2. The lowest BCUT2D eigenvalue weighted by Crippen LogP contribution is -2.50. The van der Waals surface area contributed by atoms with Crippen LogP contribution in [0.3, 0.4) is 0 Å². The molecule has 1 aromatic rings. The van der Waals surface area contributed by atoms with Crippen molar-refractivity contribution in [3.8, 4) is 0 Å². The zero-order valence-electron chi connectivity index (χ0n) is 12.9. The van der Waals surface area contributed by atoms with E-state index in [1.807, 2.05) is 6.92 Å². The SMILES string of the molecule is Cc1ncc2c(n1)CCC(NS(=O)(=O)N1CCCC1C(=O)O)C2. The predicted octanol–water partition coefficient (Wildman–Crippen LogP) is 0.0257. The number of carbonyl (C=O) groups is 1. The molecule has 0 bridgehead atoms. The van der Waals surface area contributed by atoms with Gasteiger partial charge in [0.05, 0.1) is 0 Å². The third kappa shape index (κ3) is 3.36. The van der Waals surface area contributed by atoms with Crippen LogP contribution < -0.4 is 4.72 Å². The smallest absolute Gasteiger partial charge is 0.322 e. The van der Waals surface area contributed by atoms with E-state index >= 15 is 0 Å². The van der Waals surface area contributed by atoms with E-state index in [0.29, 0.717) is 37.9 Å². The van der Waals surface area contributed by atoms with Gasteiger partial charge in [-0.25, -0.2) is 9.97 Å². The van der Waals surface area contributed by atoms with E-state index in [9.17, 15) is 13.2 Å². The summed E-state index contributed by atoms with van der Waals surface area (Å²) < 4.78 is 28.7. The highest BCUT2D eigenvalue weighted by molar-refractivity contribution is 7.87. The van der Waals surface area contributed by atoms with Crippen molar-refractivity contribution in [2.75, 3.05) is 6.54 Å². The molecule has 2 heterocycles. The number of aryl methyl sites for hydroxylation is 2. The van der Waals surface area contributed by atoms with Gasteiger partial charge in [-0.05, 0) is 44.6 Å². The molecule has 0 radical (unpaired) electrons. The number of hydrogen-bond acceptors (Lipinski definition) is 5. The Morgan fingerprint density at radius 3 is 2.96 bits per heavy atom. The van der Waals surface area contributed by atoms with Gasteiger partial charge in [0.25, 0.3) is 10.2 Å². The number of carboxylic acids is 1. The van der Waals surface area contributed by atoms with Crippen molar-refractivity contribution >= 4 is 16.2 Å². The predicted molar refractivity (Wildman–Crippen MR) is 82.0 cm³/mol. The summed E-state index contributed by atoms with van der Waals surface area (Å²) in [6.07, 6.45) is 4.53. The van der Waals surface area contributed by atoms with E-state index in [4.69, 9.17) is 5.11 Å². The van der Waals surface area contributed by atoms with E-state index in [1.54, 1.807) is 6.20 Å². The summed E-state index contributed by atoms with van der Waals surface area (Å²) in [5.74, 6) is -0.380. The fourth-order valence-electron chi connectivity index (χ4n) is 3.26. The first-order chi connectivity index (χ1) is 10.9. The zero-order valence-corrected chi connectivity index (χ0v) is 13.7. The van der Waals surface area contributed by atoms with Crippen LogP contribution in [0.15, 0.2) is 6.20 Å². The monoisotopic (exact) mass is 340 g/mol. The Balaban J connectivity index is 1.72. The lowest BCUT2D eigenvalue weighted by molar-refractivity contribution is -0.140. The average molecular weight is 340 g/mol. The van der Waals surface area contributed by atoms with Crippen LogP contribution in [-0.4, -0.2) is 52.4 Å². The van der Waals surface area contributed by atoms with Gasteiger partial charge in [0, 0.05) is 24.5 Å². The molecule has 2 unspecified atom stereocenters. The molecule has 1 aliphatic carbocycles. The van der Waals surface area contributed by atoms with E-state index in [2.05, 4.69) is 14.7 Å². The van der Waals surface area contributed by atoms with E-state index in [1.165, 1.54) is 0 Å². The Bertz CT molecular complexity index is 721. The lowest BCUT2D eigenvalue weighted by Gasteiger charge is -2.28. The second kappa shape index (κ2) is 6.14. The second-order valence-electron chi connectivity index (χ2n) is 6.06. The van der Waals surface area contributed by atoms with Crippen LogP contribution in [0.4, 0.5) is 0 Å². The number of carboxylic acid groups (broad SMARTS) is 1. The van der Waals surface area contributed by atoms with Crippen LogP contribution in [0.2, 0.25) is 0 Å². The lowest BCUT2D eigenvalue weighted by atomic mass is 9.93. The summed E-state index contributed by atoms with van der Waals surface area (Å²) in [7, 11) is -3.80. The molecule has 2 N–H and O–H groups in total. The van der Waals surface area contributed by atoms with E-state index in [-0.39, 0.29) is 12.6 Å². The number of nitrogens with one attached hydrogen (secondary N) is 1. The number of nitrogens with zero attached hydrogens (tertiary/aromatic N) is 3. The van der Waals surface area contributed by atoms with E-state index < -0.39 is 22.2 Å². The third-order valence-electron chi connectivity index (χ3n) is 4.38. The van der Waals surface area contributed by atoms with Crippen molar-refractivity contribution in [1.29, 1.82) is 0 Å². The minimum absolute atomic E-state index is 0.248. The molecule has 3 rings (SSSR count). The summed E-state index contributed by atoms with van der Waals surface area (Å²) in [6, 6.07) is -1.22. The number of hydrogen-bond donors (Lipinski definition) is 2. The summed E-state index contributed by atoms with van der Waals surface area (Å²) in [5, 5.41) is 9.16. The molecule has 0 saturated carbocycles. The van der Waals surface area contributed by atoms with Crippen molar-refractivity contribution in [2.24, 2.45) is 0 Å². The second-order valence-corrected chi connectivity index (χ2v) is 7.71. The Kier molecular flexibility index (Phi) is 4.35. The minimum atomic E-state index is -3.80. The molecule has 1 fully saturated rings. The molecule has 0 amide bonds. The first kappa shape index (κ1) is 16.3. The number of aliphatic carboxylic acids is 1. The Labute approximate surface area is 135 Å². The van der Waals surface area contributed by atoms with Gasteiger partial charge in [-0.15, -0.1) is 0 Å². The molecular formula is C14H20N4O4S. The van der Waals surface area contributed by atoms with Crippen LogP contribution in [0, 0.1) is 6.92 Å². The van der Waals surface area contributed by atoms with Gasteiger partial charge in [-0.1, -0.05) is 0 Å². The van der Waals surface area contributed by atoms with Gasteiger partial charge in [0.15, 0.2) is 0 Å². The molecule has 2 aliphatic rings. The number of fused-ring (bicyclic) bond motifs is 1. The Morgan fingerprint density at radius 2 is 2.22 bits per heavy atom. The zero-order chi connectivity index (χ0) is 16.6. The van der Waals surface area contributed by atoms with Crippen molar-refractivity contribution in [1.82, 2.24) is 19.0 Å². The Morgan fingerprint density at radius 1 is 1.43 bits per heavy atom. The quantitative estimate of drug-likeness (QED) is 0.799. The van der Waals surface area contributed by atoms with Gasteiger partial charge in [-0.3, -0.25) is 4.79 Å². The maximum Gasteiger partial charge on any atom is 0.322 e. The van der Waals surface area contributed by atoms with Gasteiger partial charge in [-0.2, -0.15) is 17.4 Å². The largest absolute Gasteiger partial charge is 0.480 e. The normalized spacial score (nSPS) is 25.3. The van der Waals surface area contributed by atoms with Crippen molar-refractivity contribution in [2.45, 2.75) is 51.1 Å². The van der Waals surface area contributed by atoms with Crippen LogP contribution in [0.25, 0.3) is 0 Å². The Hall–Kier alpha value is -1.58. The summed E-state index contributed by atoms with van der Waals surface area (Å²) in [4.78, 5) is 19.7. The maximum atomic E-state index is 12.5. The molecule has 1 aromatic heterocycles. The van der Waals surface area contributed by atoms with Gasteiger partial charge >= 0.3 is 5.97 Å². The first-order valence-corrected chi connectivity index (χ1v) is 9.14. The maximum absolute atomic E-state index is 12.5. The van der Waals surface area contributed by atoms with Crippen LogP contribution in [0.5, 0.6) is 0 Å². The van der Waals surface area contributed by atoms with Gasteiger partial charge < -0.3 is 5.11 Å². The van der Waals surface area contributed by atoms with Crippen molar-refractivity contribution in [3.05, 3.63) is 23.3 Å². The average Bonchev–Trinajstić information content (AvgIpc) is 2.98. The fourth-order valence-corrected chi connectivity index (χ4v) is 4.92. The highest BCUT2D eigenvalue weighted by Crippen LogP contribution is 2.23. The molecule has 0 spiro atoms. The van der Waals surface area contributed by atoms with Gasteiger partial charge in [0.2, 0.25) is 0 Å². The third-order valence-corrected chi connectivity index (χ3v) is 6.07. The fraction of sp³-hybridized carbons (Fsp3) is 0.643. The summed E-state index contributed by atoms with van der Waals surface area (Å²) in [6.45, 7) is 2.08.